The molecule has 1 fully saturated rings. The summed E-state index contributed by atoms with van der Waals surface area (Å²) in [5, 5.41) is 3.52. The fourth-order valence-corrected chi connectivity index (χ4v) is 2.69. The molecule has 0 aromatic heterocycles. The van der Waals surface area contributed by atoms with Gasteiger partial charge in [-0.2, -0.15) is 0 Å². The van der Waals surface area contributed by atoms with E-state index in [9.17, 15) is 0 Å². The lowest BCUT2D eigenvalue weighted by Gasteiger charge is -2.15. The molecule has 1 aliphatic rings. The van der Waals surface area contributed by atoms with Crippen LogP contribution in [0.15, 0.2) is 22.7 Å². The van der Waals surface area contributed by atoms with E-state index in [-0.39, 0.29) is 0 Å². The van der Waals surface area contributed by atoms with Gasteiger partial charge in [0, 0.05) is 24.1 Å². The Hall–Kier alpha value is -0.380. The first-order chi connectivity index (χ1) is 8.25. The molecule has 0 atom stereocenters. The molecule has 0 spiro atoms. The van der Waals surface area contributed by atoms with Crippen LogP contribution in [0.25, 0.3) is 0 Å². The predicted molar refractivity (Wildman–Crippen MR) is 76.3 cm³/mol. The Morgan fingerprint density at radius 1 is 1.29 bits per heavy atom. The number of halogens is 1. The van der Waals surface area contributed by atoms with Gasteiger partial charge in [-0.05, 0) is 44.5 Å². The van der Waals surface area contributed by atoms with Crippen molar-refractivity contribution in [2.24, 2.45) is 0 Å². The number of hydrogen-bond donors (Lipinski definition) is 1. The Labute approximate surface area is 113 Å². The third kappa shape index (κ3) is 4.09. The van der Waals surface area contributed by atoms with Crippen molar-refractivity contribution >= 4 is 15.9 Å². The summed E-state index contributed by atoms with van der Waals surface area (Å²) in [7, 11) is 0. The molecule has 1 aromatic rings. The second kappa shape index (κ2) is 6.53. The summed E-state index contributed by atoms with van der Waals surface area (Å²) in [6.45, 7) is 7.94. The lowest BCUT2D eigenvalue weighted by atomic mass is 10.1. The molecule has 3 heteroatoms. The molecule has 1 saturated heterocycles. The maximum Gasteiger partial charge on any atom is 0.0220 e. The Bertz CT molecular complexity index is 359. The third-order valence-corrected chi connectivity index (χ3v) is 4.09. The van der Waals surface area contributed by atoms with Crippen LogP contribution in [0.3, 0.4) is 0 Å². The van der Waals surface area contributed by atoms with Crippen LogP contribution >= 0.6 is 15.9 Å². The fourth-order valence-electron chi connectivity index (χ4n) is 2.31. The van der Waals surface area contributed by atoms with Crippen LogP contribution in [-0.2, 0) is 6.54 Å². The van der Waals surface area contributed by atoms with Gasteiger partial charge in [-0.3, -0.25) is 0 Å². The molecule has 0 amide bonds. The first kappa shape index (κ1) is 13.1. The zero-order valence-electron chi connectivity index (χ0n) is 10.5. The highest BCUT2D eigenvalue weighted by Gasteiger charge is 2.10. The number of likely N-dealkylation sites (tertiary alicyclic amines) is 1. The fraction of sp³-hybridized carbons (Fsp3) is 0.571. The Morgan fingerprint density at radius 3 is 2.82 bits per heavy atom. The standard InChI is InChI=1S/C14H21BrN2/c1-12-4-5-14(15)13(10-12)11-16-6-9-17-7-2-3-8-17/h4-5,10,16H,2-3,6-9,11H2,1H3. The molecule has 94 valence electrons. The van der Waals surface area contributed by atoms with E-state index >= 15 is 0 Å². The van der Waals surface area contributed by atoms with Crippen LogP contribution in [0.4, 0.5) is 0 Å². The molecule has 2 rings (SSSR count). The van der Waals surface area contributed by atoms with Crippen LogP contribution in [0.1, 0.15) is 24.0 Å². The zero-order valence-corrected chi connectivity index (χ0v) is 12.1. The molecule has 17 heavy (non-hydrogen) atoms. The molecule has 1 heterocycles. The van der Waals surface area contributed by atoms with Crippen LogP contribution < -0.4 is 5.32 Å². The molecular weight excluding hydrogens is 276 g/mol. The first-order valence-electron chi connectivity index (χ1n) is 6.44. The summed E-state index contributed by atoms with van der Waals surface area (Å²) < 4.78 is 1.21. The van der Waals surface area contributed by atoms with Gasteiger partial charge < -0.3 is 10.2 Å². The molecule has 0 saturated carbocycles. The van der Waals surface area contributed by atoms with Gasteiger partial charge in [-0.15, -0.1) is 0 Å². The summed E-state index contributed by atoms with van der Waals surface area (Å²) in [6, 6.07) is 6.51. The minimum Gasteiger partial charge on any atom is -0.311 e. The first-order valence-corrected chi connectivity index (χ1v) is 7.23. The molecule has 0 bridgehead atoms. The Balaban J connectivity index is 1.72. The quantitative estimate of drug-likeness (QED) is 0.841. The minimum absolute atomic E-state index is 0.954. The number of rotatable bonds is 5. The van der Waals surface area contributed by atoms with Crippen molar-refractivity contribution in [2.45, 2.75) is 26.3 Å². The van der Waals surface area contributed by atoms with Crippen LogP contribution in [0.5, 0.6) is 0 Å². The third-order valence-electron chi connectivity index (χ3n) is 3.32. The molecule has 1 aromatic carbocycles. The summed E-state index contributed by atoms with van der Waals surface area (Å²) in [5.74, 6) is 0. The molecule has 0 radical (unpaired) electrons. The van der Waals surface area contributed by atoms with E-state index in [4.69, 9.17) is 0 Å². The average molecular weight is 297 g/mol. The number of nitrogens with one attached hydrogen (secondary N) is 1. The molecular formula is C14H21BrN2. The highest BCUT2D eigenvalue weighted by Crippen LogP contribution is 2.17. The van der Waals surface area contributed by atoms with Crippen molar-refractivity contribution in [1.29, 1.82) is 0 Å². The molecule has 0 aliphatic carbocycles. The van der Waals surface area contributed by atoms with Gasteiger partial charge in [0.15, 0.2) is 0 Å². The van der Waals surface area contributed by atoms with Gasteiger partial charge in [0.25, 0.3) is 0 Å². The smallest absolute Gasteiger partial charge is 0.0220 e. The SMILES string of the molecule is Cc1ccc(Br)c(CNCCN2CCCC2)c1. The maximum absolute atomic E-state index is 3.60. The van der Waals surface area contributed by atoms with Gasteiger partial charge >= 0.3 is 0 Å². The van der Waals surface area contributed by atoms with E-state index < -0.39 is 0 Å². The van der Waals surface area contributed by atoms with Crippen molar-refractivity contribution < 1.29 is 0 Å². The molecule has 0 unspecified atom stereocenters. The topological polar surface area (TPSA) is 15.3 Å². The number of nitrogens with zero attached hydrogens (tertiary/aromatic N) is 1. The lowest BCUT2D eigenvalue weighted by Crippen LogP contribution is -2.29. The largest absolute Gasteiger partial charge is 0.311 e. The number of benzene rings is 1. The van der Waals surface area contributed by atoms with Crippen LogP contribution in [0, 0.1) is 6.92 Å². The average Bonchev–Trinajstić information content (AvgIpc) is 2.82. The predicted octanol–water partition coefficient (Wildman–Crippen LogP) is 2.94. The normalized spacial score (nSPS) is 16.6. The Kier molecular flexibility index (Phi) is 5.01. The van der Waals surface area contributed by atoms with E-state index in [1.54, 1.807) is 0 Å². The van der Waals surface area contributed by atoms with Crippen molar-refractivity contribution in [3.63, 3.8) is 0 Å². The van der Waals surface area contributed by atoms with E-state index in [0.29, 0.717) is 0 Å². The van der Waals surface area contributed by atoms with E-state index in [2.05, 4.69) is 51.3 Å². The number of aryl methyl sites for hydroxylation is 1. The van der Waals surface area contributed by atoms with Gasteiger partial charge in [0.2, 0.25) is 0 Å². The Morgan fingerprint density at radius 2 is 2.06 bits per heavy atom. The summed E-state index contributed by atoms with van der Waals surface area (Å²) in [4.78, 5) is 2.54. The van der Waals surface area contributed by atoms with Crippen LogP contribution in [0.2, 0.25) is 0 Å². The highest BCUT2D eigenvalue weighted by molar-refractivity contribution is 9.10. The monoisotopic (exact) mass is 296 g/mol. The molecule has 2 nitrogen and oxygen atoms in total. The van der Waals surface area contributed by atoms with Gasteiger partial charge in [0.05, 0.1) is 0 Å². The van der Waals surface area contributed by atoms with Gasteiger partial charge in [-0.1, -0.05) is 33.6 Å². The second-order valence-corrected chi connectivity index (χ2v) is 5.67. The minimum atomic E-state index is 0.954. The van der Waals surface area contributed by atoms with Crippen molar-refractivity contribution in [2.75, 3.05) is 26.2 Å². The molecule has 1 N–H and O–H groups in total. The summed E-state index contributed by atoms with van der Waals surface area (Å²) in [6.07, 6.45) is 2.76. The van der Waals surface area contributed by atoms with Crippen molar-refractivity contribution in [1.82, 2.24) is 10.2 Å². The van der Waals surface area contributed by atoms with Crippen LogP contribution in [-0.4, -0.2) is 31.1 Å². The second-order valence-electron chi connectivity index (χ2n) is 4.82. The van der Waals surface area contributed by atoms with E-state index in [1.165, 1.54) is 48.1 Å². The lowest BCUT2D eigenvalue weighted by molar-refractivity contribution is 0.335. The summed E-state index contributed by atoms with van der Waals surface area (Å²) >= 11 is 3.60. The summed E-state index contributed by atoms with van der Waals surface area (Å²) in [5.41, 5.74) is 2.68. The van der Waals surface area contributed by atoms with Crippen molar-refractivity contribution in [3.8, 4) is 0 Å². The number of hydrogen-bond acceptors (Lipinski definition) is 2. The van der Waals surface area contributed by atoms with Gasteiger partial charge in [0.1, 0.15) is 0 Å². The van der Waals surface area contributed by atoms with E-state index in [1.807, 2.05) is 0 Å². The highest BCUT2D eigenvalue weighted by atomic mass is 79.9. The molecule has 1 aliphatic heterocycles. The van der Waals surface area contributed by atoms with E-state index in [0.717, 1.165) is 13.1 Å². The zero-order chi connectivity index (χ0) is 12.1. The van der Waals surface area contributed by atoms with Crippen molar-refractivity contribution in [3.05, 3.63) is 33.8 Å². The maximum atomic E-state index is 3.60. The van der Waals surface area contributed by atoms with Gasteiger partial charge in [-0.25, -0.2) is 0 Å².